The van der Waals surface area contributed by atoms with Gasteiger partial charge in [-0.05, 0) is 44.9 Å². The molecule has 0 atom stereocenters. The van der Waals surface area contributed by atoms with Crippen molar-refractivity contribution in [3.8, 4) is 11.3 Å². The molecule has 0 bridgehead atoms. The summed E-state index contributed by atoms with van der Waals surface area (Å²) < 4.78 is 0. The highest BCUT2D eigenvalue weighted by Crippen LogP contribution is 2.27. The van der Waals surface area contributed by atoms with Crippen molar-refractivity contribution < 1.29 is 4.79 Å². The standard InChI is InChI=1S/C15H16N2O/c1-9-5-10(2)15(11(3)6-9)13-7-12(4)16-14(8-18)17-13/h5-8H,1-4H3. The molecule has 3 heteroatoms. The highest BCUT2D eigenvalue weighted by atomic mass is 16.1. The monoisotopic (exact) mass is 240 g/mol. The minimum atomic E-state index is 0.240. The minimum Gasteiger partial charge on any atom is -0.294 e. The van der Waals surface area contributed by atoms with E-state index in [4.69, 9.17) is 0 Å². The van der Waals surface area contributed by atoms with E-state index < -0.39 is 0 Å². The Bertz CT molecular complexity index is 595. The maximum absolute atomic E-state index is 10.8. The SMILES string of the molecule is Cc1cc(C)c(-c2cc(C)nc(C=O)n2)c(C)c1. The molecule has 0 N–H and O–H groups in total. The first kappa shape index (κ1) is 12.4. The molecular formula is C15H16N2O. The van der Waals surface area contributed by atoms with Gasteiger partial charge in [0.25, 0.3) is 0 Å². The van der Waals surface area contributed by atoms with Gasteiger partial charge in [-0.25, -0.2) is 9.97 Å². The Morgan fingerprint density at radius 3 is 2.11 bits per heavy atom. The van der Waals surface area contributed by atoms with Crippen LogP contribution in [0.25, 0.3) is 11.3 Å². The summed E-state index contributed by atoms with van der Waals surface area (Å²) in [5.74, 6) is 0.240. The average Bonchev–Trinajstić information content (AvgIpc) is 2.26. The lowest BCUT2D eigenvalue weighted by Gasteiger charge is -2.11. The molecule has 0 aliphatic carbocycles. The molecule has 18 heavy (non-hydrogen) atoms. The van der Waals surface area contributed by atoms with Crippen LogP contribution < -0.4 is 0 Å². The molecule has 0 unspecified atom stereocenters. The molecule has 2 rings (SSSR count). The molecular weight excluding hydrogens is 224 g/mol. The summed E-state index contributed by atoms with van der Waals surface area (Å²) in [4.78, 5) is 19.2. The topological polar surface area (TPSA) is 42.9 Å². The number of aldehydes is 1. The lowest BCUT2D eigenvalue weighted by molar-refractivity contribution is 0.111. The van der Waals surface area contributed by atoms with Crippen LogP contribution in [0.4, 0.5) is 0 Å². The molecule has 0 aliphatic heterocycles. The first-order chi connectivity index (χ1) is 8.51. The fourth-order valence-electron chi connectivity index (χ4n) is 2.36. The van der Waals surface area contributed by atoms with E-state index in [1.807, 2.05) is 13.0 Å². The Balaban J connectivity index is 2.69. The first-order valence-electron chi connectivity index (χ1n) is 5.90. The largest absolute Gasteiger partial charge is 0.294 e. The van der Waals surface area contributed by atoms with E-state index in [0.29, 0.717) is 6.29 Å². The Morgan fingerprint density at radius 1 is 0.944 bits per heavy atom. The fourth-order valence-corrected chi connectivity index (χ4v) is 2.36. The zero-order valence-electron chi connectivity index (χ0n) is 11.1. The quantitative estimate of drug-likeness (QED) is 0.757. The number of benzene rings is 1. The van der Waals surface area contributed by atoms with Crippen LogP contribution >= 0.6 is 0 Å². The van der Waals surface area contributed by atoms with Crippen molar-refractivity contribution in [2.75, 3.05) is 0 Å². The minimum absolute atomic E-state index is 0.240. The van der Waals surface area contributed by atoms with Crippen molar-refractivity contribution in [1.82, 2.24) is 9.97 Å². The van der Waals surface area contributed by atoms with Crippen molar-refractivity contribution in [2.24, 2.45) is 0 Å². The molecule has 0 amide bonds. The number of carbonyl (C=O) groups excluding carboxylic acids is 1. The van der Waals surface area contributed by atoms with Crippen molar-refractivity contribution >= 4 is 6.29 Å². The Kier molecular flexibility index (Phi) is 3.24. The lowest BCUT2D eigenvalue weighted by atomic mass is 9.97. The highest BCUT2D eigenvalue weighted by Gasteiger charge is 2.10. The maximum atomic E-state index is 10.8. The number of rotatable bonds is 2. The normalized spacial score (nSPS) is 10.4. The number of nitrogens with zero attached hydrogens (tertiary/aromatic N) is 2. The summed E-state index contributed by atoms with van der Waals surface area (Å²) in [5.41, 5.74) is 6.29. The van der Waals surface area contributed by atoms with Gasteiger partial charge in [-0.1, -0.05) is 17.7 Å². The summed E-state index contributed by atoms with van der Waals surface area (Å²) in [7, 11) is 0. The van der Waals surface area contributed by atoms with Gasteiger partial charge >= 0.3 is 0 Å². The summed E-state index contributed by atoms with van der Waals surface area (Å²) in [5, 5.41) is 0. The summed E-state index contributed by atoms with van der Waals surface area (Å²) in [6.07, 6.45) is 0.690. The molecule has 92 valence electrons. The van der Waals surface area contributed by atoms with Gasteiger partial charge in [0, 0.05) is 11.3 Å². The number of aryl methyl sites for hydroxylation is 4. The molecule has 0 aliphatic rings. The Labute approximate surface area is 107 Å². The zero-order valence-corrected chi connectivity index (χ0v) is 11.1. The van der Waals surface area contributed by atoms with Crippen LogP contribution in [-0.4, -0.2) is 16.3 Å². The van der Waals surface area contributed by atoms with E-state index >= 15 is 0 Å². The maximum Gasteiger partial charge on any atom is 0.193 e. The van der Waals surface area contributed by atoms with E-state index in [1.165, 1.54) is 16.7 Å². The number of hydrogen-bond acceptors (Lipinski definition) is 3. The van der Waals surface area contributed by atoms with Crippen molar-refractivity contribution in [1.29, 1.82) is 0 Å². The van der Waals surface area contributed by atoms with Crippen LogP contribution in [-0.2, 0) is 0 Å². The van der Waals surface area contributed by atoms with Gasteiger partial charge < -0.3 is 0 Å². The average molecular weight is 240 g/mol. The lowest BCUT2D eigenvalue weighted by Crippen LogP contribution is -2.00. The highest BCUT2D eigenvalue weighted by molar-refractivity contribution is 5.73. The smallest absolute Gasteiger partial charge is 0.193 e. The van der Waals surface area contributed by atoms with E-state index in [-0.39, 0.29) is 5.82 Å². The van der Waals surface area contributed by atoms with Gasteiger partial charge in [0.05, 0.1) is 5.69 Å². The molecule has 0 fully saturated rings. The molecule has 0 spiro atoms. The summed E-state index contributed by atoms with van der Waals surface area (Å²) >= 11 is 0. The predicted molar refractivity (Wildman–Crippen MR) is 71.8 cm³/mol. The van der Waals surface area contributed by atoms with Gasteiger partial charge in [-0.2, -0.15) is 0 Å². The molecule has 1 aromatic heterocycles. The Morgan fingerprint density at radius 2 is 1.56 bits per heavy atom. The molecule has 2 aromatic rings. The van der Waals surface area contributed by atoms with E-state index in [1.54, 1.807) is 0 Å². The second kappa shape index (κ2) is 4.69. The van der Waals surface area contributed by atoms with Gasteiger partial charge in [0.1, 0.15) is 0 Å². The summed E-state index contributed by atoms with van der Waals surface area (Å²) in [6, 6.07) is 6.17. The Hall–Kier alpha value is -2.03. The van der Waals surface area contributed by atoms with Gasteiger partial charge in [-0.15, -0.1) is 0 Å². The third-order valence-electron chi connectivity index (χ3n) is 2.91. The number of hydrogen-bond donors (Lipinski definition) is 0. The van der Waals surface area contributed by atoms with Crippen molar-refractivity contribution in [3.05, 3.63) is 46.4 Å². The van der Waals surface area contributed by atoms with Crippen molar-refractivity contribution in [2.45, 2.75) is 27.7 Å². The second-order valence-electron chi connectivity index (χ2n) is 4.64. The van der Waals surface area contributed by atoms with Crippen LogP contribution in [0.2, 0.25) is 0 Å². The zero-order chi connectivity index (χ0) is 13.3. The summed E-state index contributed by atoms with van der Waals surface area (Å²) in [6.45, 7) is 8.07. The molecule has 0 saturated carbocycles. The number of carbonyl (C=O) groups is 1. The van der Waals surface area contributed by atoms with E-state index in [9.17, 15) is 4.79 Å². The molecule has 1 heterocycles. The van der Waals surface area contributed by atoms with Crippen LogP contribution in [0.1, 0.15) is 33.0 Å². The molecule has 0 saturated heterocycles. The third kappa shape index (κ3) is 2.30. The molecule has 0 radical (unpaired) electrons. The predicted octanol–water partition coefficient (Wildman–Crippen LogP) is 3.19. The van der Waals surface area contributed by atoms with Crippen LogP contribution in [0, 0.1) is 27.7 Å². The van der Waals surface area contributed by atoms with Crippen LogP contribution in [0.15, 0.2) is 18.2 Å². The van der Waals surface area contributed by atoms with E-state index in [0.717, 1.165) is 17.0 Å². The van der Waals surface area contributed by atoms with Crippen LogP contribution in [0.3, 0.4) is 0 Å². The molecule has 1 aromatic carbocycles. The second-order valence-corrected chi connectivity index (χ2v) is 4.64. The number of aromatic nitrogens is 2. The van der Waals surface area contributed by atoms with Crippen molar-refractivity contribution in [3.63, 3.8) is 0 Å². The van der Waals surface area contributed by atoms with Gasteiger partial charge in [0.15, 0.2) is 12.1 Å². The first-order valence-corrected chi connectivity index (χ1v) is 5.90. The third-order valence-corrected chi connectivity index (χ3v) is 2.91. The van der Waals surface area contributed by atoms with Gasteiger partial charge in [-0.3, -0.25) is 4.79 Å². The van der Waals surface area contributed by atoms with E-state index in [2.05, 4.69) is 42.9 Å². The van der Waals surface area contributed by atoms with Crippen LogP contribution in [0.5, 0.6) is 0 Å². The van der Waals surface area contributed by atoms with Gasteiger partial charge in [0.2, 0.25) is 0 Å². The fraction of sp³-hybridized carbons (Fsp3) is 0.267. The molecule has 3 nitrogen and oxygen atoms in total.